The fourth-order valence-electron chi connectivity index (χ4n) is 4.21. The lowest BCUT2D eigenvalue weighted by Gasteiger charge is -2.34. The van der Waals surface area contributed by atoms with Crippen molar-refractivity contribution in [2.45, 2.75) is 38.3 Å². The lowest BCUT2D eigenvalue weighted by atomic mass is 10.0. The number of amides is 3. The Hall–Kier alpha value is -3.53. The predicted molar refractivity (Wildman–Crippen MR) is 126 cm³/mol. The van der Waals surface area contributed by atoms with Crippen molar-refractivity contribution < 1.29 is 23.2 Å². The highest BCUT2D eigenvalue weighted by molar-refractivity contribution is 6.31. The van der Waals surface area contributed by atoms with Crippen LogP contribution in [0.3, 0.4) is 0 Å². The Morgan fingerprint density at radius 2 is 1.94 bits per heavy atom. The molecule has 4 rings (SSSR count). The molecule has 1 atom stereocenters. The number of rotatable bonds is 6. The average molecular weight is 504 g/mol. The van der Waals surface area contributed by atoms with E-state index in [2.05, 4.69) is 20.6 Å². The summed E-state index contributed by atoms with van der Waals surface area (Å²) in [6.07, 6.45) is 2.40. The van der Waals surface area contributed by atoms with Gasteiger partial charge >= 0.3 is 0 Å². The van der Waals surface area contributed by atoms with Crippen LogP contribution in [0.25, 0.3) is 11.0 Å². The molecular formula is C24H24ClF2N5O3. The molecule has 1 fully saturated rings. The number of hydrogen-bond acceptors (Lipinski definition) is 4. The van der Waals surface area contributed by atoms with Crippen molar-refractivity contribution in [3.05, 3.63) is 64.4 Å². The number of pyridine rings is 1. The normalized spacial score (nSPS) is 15.1. The zero-order chi connectivity index (χ0) is 25.1. The number of carbonyl (C=O) groups excluding carboxylic acids is 3. The number of carbonyl (C=O) groups is 3. The topological polar surface area (TPSA) is 107 Å². The Labute approximate surface area is 205 Å². The van der Waals surface area contributed by atoms with E-state index in [4.69, 9.17) is 11.6 Å². The summed E-state index contributed by atoms with van der Waals surface area (Å²) in [6.45, 7) is 2.18. The van der Waals surface area contributed by atoms with Crippen LogP contribution in [0.15, 0.2) is 36.5 Å². The van der Waals surface area contributed by atoms with E-state index in [0.717, 1.165) is 12.1 Å². The smallest absolute Gasteiger partial charge is 0.268 e. The molecule has 1 saturated heterocycles. The van der Waals surface area contributed by atoms with Crippen LogP contribution in [-0.2, 0) is 16.0 Å². The first kappa shape index (κ1) is 24.6. The first-order valence-electron chi connectivity index (χ1n) is 11.1. The summed E-state index contributed by atoms with van der Waals surface area (Å²) in [5.41, 5.74) is 0.715. The standard InChI is InChI=1S/C24H24ClF2N5O3/c1-13(33)29-18-4-6-32(7-5-18)24(35)21(9-14-2-3-17(26)11-19(14)27)31-23(34)20-10-15-8-16(25)12-28-22(15)30-20/h2-3,8,10-12,18,21H,4-7,9H2,1H3,(H,28,30)(H,29,33)(H,31,34)/t21-/m0/s1. The number of benzene rings is 1. The van der Waals surface area contributed by atoms with E-state index in [1.807, 2.05) is 0 Å². The second kappa shape index (κ2) is 10.4. The van der Waals surface area contributed by atoms with Crippen molar-refractivity contribution in [1.29, 1.82) is 0 Å². The second-order valence-corrected chi connectivity index (χ2v) is 8.98. The molecule has 2 aromatic heterocycles. The second-order valence-electron chi connectivity index (χ2n) is 8.54. The molecule has 8 nitrogen and oxygen atoms in total. The van der Waals surface area contributed by atoms with Crippen molar-refractivity contribution in [1.82, 2.24) is 25.5 Å². The van der Waals surface area contributed by atoms with Crippen LogP contribution in [0, 0.1) is 11.6 Å². The maximum absolute atomic E-state index is 14.4. The third kappa shape index (κ3) is 5.94. The van der Waals surface area contributed by atoms with Crippen LogP contribution in [0.4, 0.5) is 8.78 Å². The van der Waals surface area contributed by atoms with E-state index in [1.165, 1.54) is 19.2 Å². The molecule has 0 spiro atoms. The van der Waals surface area contributed by atoms with E-state index < -0.39 is 23.6 Å². The highest BCUT2D eigenvalue weighted by atomic mass is 35.5. The third-order valence-corrected chi connectivity index (χ3v) is 6.14. The maximum Gasteiger partial charge on any atom is 0.268 e. The number of nitrogens with zero attached hydrogens (tertiary/aromatic N) is 2. The van der Waals surface area contributed by atoms with Gasteiger partial charge in [0.2, 0.25) is 11.8 Å². The summed E-state index contributed by atoms with van der Waals surface area (Å²) >= 11 is 5.96. The number of nitrogens with one attached hydrogen (secondary N) is 3. The van der Waals surface area contributed by atoms with Gasteiger partial charge in [0.15, 0.2) is 0 Å². The SMILES string of the molecule is CC(=O)NC1CCN(C(=O)[C@H](Cc2ccc(F)cc2F)NC(=O)c2cc3cc(Cl)cnc3[nH]2)CC1. The van der Waals surface area contributed by atoms with E-state index >= 15 is 0 Å². The molecular weight excluding hydrogens is 480 g/mol. The first-order chi connectivity index (χ1) is 16.7. The van der Waals surface area contributed by atoms with E-state index in [-0.39, 0.29) is 35.5 Å². The Morgan fingerprint density at radius 1 is 1.20 bits per heavy atom. The summed E-state index contributed by atoms with van der Waals surface area (Å²) in [6, 6.07) is 5.18. The number of hydrogen-bond donors (Lipinski definition) is 3. The van der Waals surface area contributed by atoms with E-state index in [0.29, 0.717) is 42.0 Å². The van der Waals surface area contributed by atoms with Crippen molar-refractivity contribution in [2.24, 2.45) is 0 Å². The molecule has 11 heteroatoms. The van der Waals surface area contributed by atoms with Gasteiger partial charge in [0.05, 0.1) is 5.02 Å². The van der Waals surface area contributed by atoms with Gasteiger partial charge in [0.25, 0.3) is 5.91 Å². The summed E-state index contributed by atoms with van der Waals surface area (Å²) in [4.78, 5) is 46.3. The molecule has 0 aliphatic carbocycles. The minimum atomic E-state index is -1.09. The number of halogens is 3. The van der Waals surface area contributed by atoms with E-state index in [9.17, 15) is 23.2 Å². The van der Waals surface area contributed by atoms with Crippen LogP contribution >= 0.6 is 11.6 Å². The van der Waals surface area contributed by atoms with Gasteiger partial charge in [-0.2, -0.15) is 0 Å². The molecule has 1 aromatic carbocycles. The van der Waals surface area contributed by atoms with Crippen molar-refractivity contribution in [3.8, 4) is 0 Å². The minimum absolute atomic E-state index is 0.0372. The quantitative estimate of drug-likeness (QED) is 0.480. The zero-order valence-electron chi connectivity index (χ0n) is 18.9. The lowest BCUT2D eigenvalue weighted by molar-refractivity contribution is -0.134. The van der Waals surface area contributed by atoms with Gasteiger partial charge < -0.3 is 20.5 Å². The van der Waals surface area contributed by atoms with Gasteiger partial charge in [-0.1, -0.05) is 17.7 Å². The zero-order valence-corrected chi connectivity index (χ0v) is 19.7. The molecule has 0 bridgehead atoms. The number of likely N-dealkylation sites (tertiary alicyclic amines) is 1. The number of fused-ring (bicyclic) bond motifs is 1. The Kier molecular flexibility index (Phi) is 7.30. The highest BCUT2D eigenvalue weighted by Gasteiger charge is 2.31. The van der Waals surface area contributed by atoms with Crippen LogP contribution in [0.2, 0.25) is 5.02 Å². The molecule has 3 aromatic rings. The molecule has 0 saturated carbocycles. The molecule has 3 N–H and O–H groups in total. The third-order valence-electron chi connectivity index (χ3n) is 5.94. The van der Waals surface area contributed by atoms with Crippen LogP contribution in [-0.4, -0.2) is 57.8 Å². The monoisotopic (exact) mass is 503 g/mol. The average Bonchev–Trinajstić information content (AvgIpc) is 3.23. The fraction of sp³-hybridized carbons (Fsp3) is 0.333. The van der Waals surface area contributed by atoms with Gasteiger partial charge in [0, 0.05) is 50.1 Å². The largest absolute Gasteiger partial charge is 0.353 e. The molecule has 0 unspecified atom stereocenters. The summed E-state index contributed by atoms with van der Waals surface area (Å²) in [5, 5.41) is 6.56. The fourth-order valence-corrected chi connectivity index (χ4v) is 4.37. The van der Waals surface area contributed by atoms with Gasteiger partial charge in [0.1, 0.15) is 29.0 Å². The van der Waals surface area contributed by atoms with Gasteiger partial charge in [-0.15, -0.1) is 0 Å². The maximum atomic E-state index is 14.4. The lowest BCUT2D eigenvalue weighted by Crippen LogP contribution is -2.53. The van der Waals surface area contributed by atoms with Crippen molar-refractivity contribution in [2.75, 3.05) is 13.1 Å². The Morgan fingerprint density at radius 3 is 2.63 bits per heavy atom. The summed E-state index contributed by atoms with van der Waals surface area (Å²) in [5.74, 6) is -2.64. The highest BCUT2D eigenvalue weighted by Crippen LogP contribution is 2.19. The molecule has 184 valence electrons. The first-order valence-corrected chi connectivity index (χ1v) is 11.5. The molecule has 1 aliphatic rings. The van der Waals surface area contributed by atoms with Crippen LogP contribution in [0.5, 0.6) is 0 Å². The Bertz CT molecular complexity index is 1270. The molecule has 35 heavy (non-hydrogen) atoms. The van der Waals surface area contributed by atoms with Gasteiger partial charge in [-0.3, -0.25) is 14.4 Å². The molecule has 3 heterocycles. The number of aromatic nitrogens is 2. The van der Waals surface area contributed by atoms with Crippen LogP contribution in [0.1, 0.15) is 35.8 Å². The number of aromatic amines is 1. The minimum Gasteiger partial charge on any atom is -0.353 e. The summed E-state index contributed by atoms with van der Waals surface area (Å²) in [7, 11) is 0. The molecule has 1 aliphatic heterocycles. The Balaban J connectivity index is 1.54. The summed E-state index contributed by atoms with van der Waals surface area (Å²) < 4.78 is 27.8. The van der Waals surface area contributed by atoms with Crippen LogP contribution < -0.4 is 10.6 Å². The number of piperidine rings is 1. The van der Waals surface area contributed by atoms with Crippen molar-refractivity contribution >= 4 is 40.4 Å². The number of H-pyrrole nitrogens is 1. The molecule has 0 radical (unpaired) electrons. The van der Waals surface area contributed by atoms with Gasteiger partial charge in [-0.05, 0) is 36.6 Å². The van der Waals surface area contributed by atoms with E-state index in [1.54, 1.807) is 17.0 Å². The van der Waals surface area contributed by atoms with Gasteiger partial charge in [-0.25, -0.2) is 13.8 Å². The van der Waals surface area contributed by atoms with Crippen molar-refractivity contribution in [3.63, 3.8) is 0 Å². The molecule has 3 amide bonds. The predicted octanol–water partition coefficient (Wildman–Crippen LogP) is 2.96.